The molecule has 2 aliphatic carbocycles. The Balaban J connectivity index is 1.76. The maximum Gasteiger partial charge on any atom is 0.126 e. The zero-order valence-corrected chi connectivity index (χ0v) is 11.8. The number of benzene rings is 1. The van der Waals surface area contributed by atoms with Crippen molar-refractivity contribution in [3.8, 4) is 11.5 Å². The lowest BCUT2D eigenvalue weighted by atomic mass is 9.69. The minimum atomic E-state index is 0.581. The van der Waals surface area contributed by atoms with E-state index in [2.05, 4.69) is 5.32 Å². The molecule has 2 aliphatic rings. The second-order valence-corrected chi connectivity index (χ2v) is 5.70. The molecule has 1 N–H and O–H groups in total. The van der Waals surface area contributed by atoms with E-state index in [1.807, 2.05) is 18.2 Å². The van der Waals surface area contributed by atoms with E-state index >= 15 is 0 Å². The first-order valence-electron chi connectivity index (χ1n) is 7.27. The van der Waals surface area contributed by atoms with Gasteiger partial charge in [0.2, 0.25) is 0 Å². The first-order valence-corrected chi connectivity index (χ1v) is 7.27. The molecule has 0 amide bonds. The summed E-state index contributed by atoms with van der Waals surface area (Å²) in [4.78, 5) is 0. The number of ether oxygens (including phenoxy) is 2. The molecule has 3 heteroatoms. The van der Waals surface area contributed by atoms with Gasteiger partial charge in [0.25, 0.3) is 0 Å². The van der Waals surface area contributed by atoms with Crippen molar-refractivity contribution in [1.29, 1.82) is 0 Å². The number of hydrogen-bond acceptors (Lipinski definition) is 3. The summed E-state index contributed by atoms with van der Waals surface area (Å²) < 4.78 is 11.1. The molecule has 0 spiro atoms. The second-order valence-electron chi connectivity index (χ2n) is 5.70. The lowest BCUT2D eigenvalue weighted by Crippen LogP contribution is -2.35. The molecule has 2 atom stereocenters. The highest BCUT2D eigenvalue weighted by atomic mass is 16.5. The first-order chi connectivity index (χ1) is 9.33. The van der Waals surface area contributed by atoms with Gasteiger partial charge < -0.3 is 14.8 Å². The van der Waals surface area contributed by atoms with Crippen LogP contribution in [-0.2, 0) is 0 Å². The summed E-state index contributed by atoms with van der Waals surface area (Å²) in [5, 5.41) is 3.65. The normalized spacial score (nSPS) is 25.8. The van der Waals surface area contributed by atoms with E-state index in [1.165, 1.54) is 31.2 Å². The number of nitrogens with one attached hydrogen (secondary N) is 1. The fourth-order valence-corrected chi connectivity index (χ4v) is 3.04. The zero-order valence-electron chi connectivity index (χ0n) is 11.8. The van der Waals surface area contributed by atoms with Crippen LogP contribution in [0.25, 0.3) is 0 Å². The Morgan fingerprint density at radius 1 is 1.05 bits per heavy atom. The molecule has 0 saturated heterocycles. The van der Waals surface area contributed by atoms with E-state index in [-0.39, 0.29) is 0 Å². The predicted octanol–water partition coefficient (Wildman–Crippen LogP) is 2.95. The van der Waals surface area contributed by atoms with Crippen molar-refractivity contribution in [3.05, 3.63) is 23.8 Å². The van der Waals surface area contributed by atoms with Gasteiger partial charge in [-0.3, -0.25) is 0 Å². The van der Waals surface area contributed by atoms with Gasteiger partial charge >= 0.3 is 0 Å². The predicted molar refractivity (Wildman–Crippen MR) is 76.0 cm³/mol. The molecule has 1 aromatic rings. The van der Waals surface area contributed by atoms with Gasteiger partial charge in [-0.15, -0.1) is 0 Å². The van der Waals surface area contributed by atoms with E-state index in [0.29, 0.717) is 5.92 Å². The third-order valence-corrected chi connectivity index (χ3v) is 4.50. The van der Waals surface area contributed by atoms with Crippen molar-refractivity contribution in [2.24, 2.45) is 5.92 Å². The average molecular weight is 261 g/mol. The fraction of sp³-hybridized carbons (Fsp3) is 0.625. The maximum atomic E-state index is 5.53. The molecule has 0 heterocycles. The first kappa shape index (κ1) is 12.8. The average Bonchev–Trinajstić information content (AvgIpc) is 3.22. The fourth-order valence-electron chi connectivity index (χ4n) is 3.04. The topological polar surface area (TPSA) is 30.5 Å². The lowest BCUT2D eigenvalue weighted by Gasteiger charge is -2.38. The van der Waals surface area contributed by atoms with E-state index in [4.69, 9.17) is 9.47 Å². The molecule has 2 unspecified atom stereocenters. The standard InChI is InChI=1S/C16H23NO2/c1-18-14-4-3-5-15(19-2)16(14)13-9-6-11(13)10-17-12-7-8-12/h3-5,11-13,17H,6-10H2,1-2H3. The molecule has 0 aliphatic heterocycles. The van der Waals surface area contributed by atoms with Gasteiger partial charge in [0.1, 0.15) is 11.5 Å². The van der Waals surface area contributed by atoms with Crippen molar-refractivity contribution < 1.29 is 9.47 Å². The van der Waals surface area contributed by atoms with Crippen LogP contribution in [0, 0.1) is 5.92 Å². The summed E-state index contributed by atoms with van der Waals surface area (Å²) in [6, 6.07) is 6.88. The summed E-state index contributed by atoms with van der Waals surface area (Å²) in [6.45, 7) is 1.14. The van der Waals surface area contributed by atoms with E-state index in [0.717, 1.165) is 30.0 Å². The highest BCUT2D eigenvalue weighted by molar-refractivity contribution is 5.48. The van der Waals surface area contributed by atoms with Gasteiger partial charge in [-0.2, -0.15) is 0 Å². The Hall–Kier alpha value is -1.22. The Morgan fingerprint density at radius 3 is 2.21 bits per heavy atom. The largest absolute Gasteiger partial charge is 0.496 e. The van der Waals surface area contributed by atoms with Crippen LogP contribution >= 0.6 is 0 Å². The Kier molecular flexibility index (Phi) is 3.65. The van der Waals surface area contributed by atoms with Crippen LogP contribution in [0.4, 0.5) is 0 Å². The van der Waals surface area contributed by atoms with E-state index < -0.39 is 0 Å². The SMILES string of the molecule is COc1cccc(OC)c1C1CCC1CNC1CC1. The van der Waals surface area contributed by atoms with Gasteiger partial charge in [0, 0.05) is 11.6 Å². The Morgan fingerprint density at radius 2 is 1.74 bits per heavy atom. The summed E-state index contributed by atoms with van der Waals surface area (Å²) in [7, 11) is 3.49. The minimum absolute atomic E-state index is 0.581. The van der Waals surface area contributed by atoms with Gasteiger partial charge in [-0.1, -0.05) is 6.07 Å². The molecule has 0 bridgehead atoms. The van der Waals surface area contributed by atoms with Crippen LogP contribution in [0.5, 0.6) is 11.5 Å². The van der Waals surface area contributed by atoms with Gasteiger partial charge in [-0.05, 0) is 56.2 Å². The molecule has 104 valence electrons. The van der Waals surface area contributed by atoms with Crippen molar-refractivity contribution in [2.45, 2.75) is 37.6 Å². The Labute approximate surface area is 115 Å². The maximum absolute atomic E-state index is 5.53. The van der Waals surface area contributed by atoms with Crippen LogP contribution in [-0.4, -0.2) is 26.8 Å². The van der Waals surface area contributed by atoms with E-state index in [9.17, 15) is 0 Å². The van der Waals surface area contributed by atoms with Gasteiger partial charge in [0.05, 0.1) is 14.2 Å². The van der Waals surface area contributed by atoms with E-state index in [1.54, 1.807) is 14.2 Å². The Bertz CT molecular complexity index is 420. The molecule has 2 fully saturated rings. The molecule has 19 heavy (non-hydrogen) atoms. The highest BCUT2D eigenvalue weighted by Crippen LogP contribution is 2.49. The second kappa shape index (κ2) is 5.41. The summed E-state index contributed by atoms with van der Waals surface area (Å²) in [5.41, 5.74) is 1.27. The van der Waals surface area contributed by atoms with Crippen LogP contribution in [0.15, 0.2) is 18.2 Å². The smallest absolute Gasteiger partial charge is 0.126 e. The third-order valence-electron chi connectivity index (χ3n) is 4.50. The molecular formula is C16H23NO2. The molecule has 0 aromatic heterocycles. The molecular weight excluding hydrogens is 238 g/mol. The third kappa shape index (κ3) is 2.57. The van der Waals surface area contributed by atoms with Crippen LogP contribution in [0.1, 0.15) is 37.2 Å². The van der Waals surface area contributed by atoms with Crippen molar-refractivity contribution in [1.82, 2.24) is 5.32 Å². The molecule has 0 radical (unpaired) electrons. The lowest BCUT2D eigenvalue weighted by molar-refractivity contribution is 0.233. The molecule has 2 saturated carbocycles. The van der Waals surface area contributed by atoms with Crippen LogP contribution in [0.2, 0.25) is 0 Å². The summed E-state index contributed by atoms with van der Waals surface area (Å²) >= 11 is 0. The van der Waals surface area contributed by atoms with Gasteiger partial charge in [-0.25, -0.2) is 0 Å². The van der Waals surface area contributed by atoms with Crippen molar-refractivity contribution in [2.75, 3.05) is 20.8 Å². The molecule has 1 aromatic carbocycles. The molecule has 3 nitrogen and oxygen atoms in total. The van der Waals surface area contributed by atoms with Crippen LogP contribution < -0.4 is 14.8 Å². The molecule has 3 rings (SSSR count). The number of hydrogen-bond donors (Lipinski definition) is 1. The zero-order chi connectivity index (χ0) is 13.2. The summed E-state index contributed by atoms with van der Waals surface area (Å²) in [6.07, 6.45) is 5.27. The monoisotopic (exact) mass is 261 g/mol. The summed E-state index contributed by atoms with van der Waals surface area (Å²) in [5.74, 6) is 3.25. The quantitative estimate of drug-likeness (QED) is 0.854. The minimum Gasteiger partial charge on any atom is -0.496 e. The van der Waals surface area contributed by atoms with Gasteiger partial charge in [0.15, 0.2) is 0 Å². The van der Waals surface area contributed by atoms with Crippen LogP contribution in [0.3, 0.4) is 0 Å². The highest BCUT2D eigenvalue weighted by Gasteiger charge is 2.36. The number of methoxy groups -OCH3 is 2. The van der Waals surface area contributed by atoms with Crippen molar-refractivity contribution in [3.63, 3.8) is 0 Å². The van der Waals surface area contributed by atoms with Crippen molar-refractivity contribution >= 4 is 0 Å². The number of rotatable bonds is 6.